The number of nitrogens with one attached hydrogen (secondary N) is 1. The number of aryl methyl sites for hydroxylation is 1. The van der Waals surface area contributed by atoms with Crippen molar-refractivity contribution in [2.24, 2.45) is 0 Å². The standard InChI is InChI=1S/C11H13ClF3N3O/c1-2-5-18-9(19)8(12)7(6-16-18)17-10(3-4-10)11(13,14)15/h6,17H,2-5H2,1H3. The number of rotatable bonds is 4. The maximum atomic E-state index is 12.8. The van der Waals surface area contributed by atoms with Crippen LogP contribution in [0.4, 0.5) is 18.9 Å². The summed E-state index contributed by atoms with van der Waals surface area (Å²) in [6.45, 7) is 2.24. The largest absolute Gasteiger partial charge is 0.411 e. The summed E-state index contributed by atoms with van der Waals surface area (Å²) in [5, 5.41) is 5.88. The van der Waals surface area contributed by atoms with Crippen LogP contribution in [-0.4, -0.2) is 21.5 Å². The van der Waals surface area contributed by atoms with Crippen molar-refractivity contribution < 1.29 is 13.2 Å². The molecule has 0 atom stereocenters. The Bertz CT molecular complexity index is 537. The molecule has 0 spiro atoms. The van der Waals surface area contributed by atoms with Crippen LogP contribution in [0, 0.1) is 0 Å². The molecular formula is C11H13ClF3N3O. The van der Waals surface area contributed by atoms with Gasteiger partial charge in [-0.3, -0.25) is 4.79 Å². The summed E-state index contributed by atoms with van der Waals surface area (Å²) in [7, 11) is 0. The van der Waals surface area contributed by atoms with Crippen LogP contribution in [0.3, 0.4) is 0 Å². The Kier molecular flexibility index (Phi) is 3.51. The van der Waals surface area contributed by atoms with Crippen molar-refractivity contribution >= 4 is 17.3 Å². The number of hydrogen-bond acceptors (Lipinski definition) is 3. The summed E-state index contributed by atoms with van der Waals surface area (Å²) in [6.07, 6.45) is -2.56. The minimum Gasteiger partial charge on any atom is -0.369 e. The number of anilines is 1. The molecule has 0 aromatic carbocycles. The lowest BCUT2D eigenvalue weighted by Crippen LogP contribution is -2.39. The second kappa shape index (κ2) is 4.70. The SMILES string of the molecule is CCCn1ncc(NC2(C(F)(F)F)CC2)c(Cl)c1=O. The van der Waals surface area contributed by atoms with Gasteiger partial charge in [-0.25, -0.2) is 4.68 Å². The lowest BCUT2D eigenvalue weighted by atomic mass is 10.2. The number of halogens is 4. The molecule has 1 aromatic heterocycles. The monoisotopic (exact) mass is 295 g/mol. The number of aromatic nitrogens is 2. The molecule has 1 aliphatic rings. The second-order valence-electron chi connectivity index (χ2n) is 4.61. The predicted octanol–water partition coefficient (Wildman–Crippen LogP) is 2.81. The van der Waals surface area contributed by atoms with E-state index in [1.165, 1.54) is 6.20 Å². The van der Waals surface area contributed by atoms with Crippen LogP contribution < -0.4 is 10.9 Å². The Balaban J connectivity index is 2.28. The average molecular weight is 296 g/mol. The molecule has 0 amide bonds. The van der Waals surface area contributed by atoms with Crippen molar-refractivity contribution in [3.05, 3.63) is 21.6 Å². The third kappa shape index (κ3) is 2.56. The molecule has 1 aliphatic carbocycles. The molecular weight excluding hydrogens is 283 g/mol. The highest BCUT2D eigenvalue weighted by molar-refractivity contribution is 6.33. The first kappa shape index (κ1) is 14.2. The van der Waals surface area contributed by atoms with Gasteiger partial charge in [0.1, 0.15) is 10.6 Å². The van der Waals surface area contributed by atoms with Crippen molar-refractivity contribution in [2.75, 3.05) is 5.32 Å². The highest BCUT2D eigenvalue weighted by atomic mass is 35.5. The first-order valence-electron chi connectivity index (χ1n) is 5.91. The molecule has 106 valence electrons. The van der Waals surface area contributed by atoms with E-state index >= 15 is 0 Å². The molecule has 8 heteroatoms. The Morgan fingerprint density at radius 2 is 2.16 bits per heavy atom. The van der Waals surface area contributed by atoms with Crippen molar-refractivity contribution in [3.8, 4) is 0 Å². The van der Waals surface area contributed by atoms with Crippen molar-refractivity contribution in [3.63, 3.8) is 0 Å². The van der Waals surface area contributed by atoms with Crippen LogP contribution in [0.5, 0.6) is 0 Å². The van der Waals surface area contributed by atoms with Crippen LogP contribution in [0.2, 0.25) is 5.02 Å². The first-order valence-corrected chi connectivity index (χ1v) is 6.29. The maximum absolute atomic E-state index is 12.8. The van der Waals surface area contributed by atoms with Crippen molar-refractivity contribution in [2.45, 2.75) is 44.4 Å². The lowest BCUT2D eigenvalue weighted by Gasteiger charge is -2.22. The highest BCUT2D eigenvalue weighted by Gasteiger charge is 2.63. The fourth-order valence-corrected chi connectivity index (χ4v) is 1.98. The van der Waals surface area contributed by atoms with Gasteiger partial charge in [-0.15, -0.1) is 0 Å². The Labute approximate surface area is 112 Å². The van der Waals surface area contributed by atoms with Gasteiger partial charge in [0.05, 0.1) is 11.9 Å². The van der Waals surface area contributed by atoms with Crippen LogP contribution in [0.1, 0.15) is 26.2 Å². The van der Waals surface area contributed by atoms with Crippen molar-refractivity contribution in [1.29, 1.82) is 0 Å². The predicted molar refractivity (Wildman–Crippen MR) is 65.4 cm³/mol. The van der Waals surface area contributed by atoms with E-state index < -0.39 is 17.3 Å². The first-order chi connectivity index (χ1) is 8.81. The average Bonchev–Trinajstić information content (AvgIpc) is 3.09. The molecule has 19 heavy (non-hydrogen) atoms. The van der Waals surface area contributed by atoms with E-state index in [0.717, 1.165) is 4.68 Å². The van der Waals surface area contributed by atoms with Crippen LogP contribution in [-0.2, 0) is 6.54 Å². The van der Waals surface area contributed by atoms with Gasteiger partial charge < -0.3 is 5.32 Å². The zero-order valence-electron chi connectivity index (χ0n) is 10.2. The van der Waals surface area contributed by atoms with E-state index in [-0.39, 0.29) is 23.6 Å². The Hall–Kier alpha value is -1.24. The highest BCUT2D eigenvalue weighted by Crippen LogP contribution is 2.51. The van der Waals surface area contributed by atoms with E-state index in [0.29, 0.717) is 13.0 Å². The molecule has 4 nitrogen and oxygen atoms in total. The number of nitrogens with zero attached hydrogens (tertiary/aromatic N) is 2. The summed E-state index contributed by atoms with van der Waals surface area (Å²) < 4.78 is 39.6. The molecule has 0 aliphatic heterocycles. The van der Waals surface area contributed by atoms with Gasteiger partial charge >= 0.3 is 6.18 Å². The van der Waals surface area contributed by atoms with E-state index in [2.05, 4.69) is 10.4 Å². The summed E-state index contributed by atoms with van der Waals surface area (Å²) in [5.74, 6) is 0. The molecule has 0 radical (unpaired) electrons. The number of alkyl halides is 3. The molecule has 1 saturated carbocycles. The van der Waals surface area contributed by atoms with Gasteiger partial charge in [-0.2, -0.15) is 18.3 Å². The van der Waals surface area contributed by atoms with Gasteiger partial charge in [0.2, 0.25) is 0 Å². The van der Waals surface area contributed by atoms with Gasteiger partial charge in [0.25, 0.3) is 5.56 Å². The lowest BCUT2D eigenvalue weighted by molar-refractivity contribution is -0.151. The fraction of sp³-hybridized carbons (Fsp3) is 0.636. The quantitative estimate of drug-likeness (QED) is 0.929. The molecule has 1 N–H and O–H groups in total. The smallest absolute Gasteiger partial charge is 0.369 e. The minimum atomic E-state index is -4.37. The van der Waals surface area contributed by atoms with Crippen LogP contribution in [0.15, 0.2) is 11.0 Å². The number of hydrogen-bond donors (Lipinski definition) is 1. The molecule has 1 fully saturated rings. The molecule has 0 bridgehead atoms. The normalized spacial score (nSPS) is 17.3. The summed E-state index contributed by atoms with van der Waals surface area (Å²) in [4.78, 5) is 11.8. The van der Waals surface area contributed by atoms with Crippen LogP contribution >= 0.6 is 11.6 Å². The third-order valence-corrected chi connectivity index (χ3v) is 3.45. The maximum Gasteiger partial charge on any atom is 0.411 e. The fourth-order valence-electron chi connectivity index (χ4n) is 1.79. The zero-order valence-corrected chi connectivity index (χ0v) is 11.0. The van der Waals surface area contributed by atoms with E-state index in [1.807, 2.05) is 6.92 Å². The second-order valence-corrected chi connectivity index (χ2v) is 4.98. The molecule has 0 saturated heterocycles. The topological polar surface area (TPSA) is 46.9 Å². The van der Waals surface area contributed by atoms with Gasteiger partial charge in [0.15, 0.2) is 0 Å². The molecule has 0 unspecified atom stereocenters. The summed E-state index contributed by atoms with van der Waals surface area (Å²) >= 11 is 5.81. The Morgan fingerprint density at radius 3 is 2.63 bits per heavy atom. The molecule has 1 aromatic rings. The zero-order chi connectivity index (χ0) is 14.3. The van der Waals surface area contributed by atoms with Gasteiger partial charge in [-0.05, 0) is 19.3 Å². The summed E-state index contributed by atoms with van der Waals surface area (Å²) in [6, 6.07) is 0. The van der Waals surface area contributed by atoms with E-state index in [4.69, 9.17) is 11.6 Å². The van der Waals surface area contributed by atoms with E-state index in [1.54, 1.807) is 0 Å². The van der Waals surface area contributed by atoms with Crippen LogP contribution in [0.25, 0.3) is 0 Å². The van der Waals surface area contributed by atoms with E-state index in [9.17, 15) is 18.0 Å². The summed E-state index contributed by atoms with van der Waals surface area (Å²) in [5.41, 5.74) is -2.60. The third-order valence-electron chi connectivity index (χ3n) is 3.09. The van der Waals surface area contributed by atoms with Crippen molar-refractivity contribution in [1.82, 2.24) is 9.78 Å². The minimum absolute atomic E-state index is 0.0229. The van der Waals surface area contributed by atoms with Gasteiger partial charge in [0, 0.05) is 6.54 Å². The molecule has 2 rings (SSSR count). The van der Waals surface area contributed by atoms with Gasteiger partial charge in [-0.1, -0.05) is 18.5 Å². The molecule has 1 heterocycles. The Morgan fingerprint density at radius 1 is 1.53 bits per heavy atom.